The van der Waals surface area contributed by atoms with Crippen LogP contribution in [0, 0.1) is 11.6 Å². The van der Waals surface area contributed by atoms with Crippen molar-refractivity contribution in [1.82, 2.24) is 5.32 Å². The molecule has 0 aromatic heterocycles. The van der Waals surface area contributed by atoms with Crippen LogP contribution in [0.25, 0.3) is 6.08 Å². The van der Waals surface area contributed by atoms with Gasteiger partial charge in [0, 0.05) is 12.1 Å². The summed E-state index contributed by atoms with van der Waals surface area (Å²) in [4.78, 5) is 0. The number of nitrogens with one attached hydrogen (secondary N) is 1. The topological polar surface area (TPSA) is 12.0 Å². The maximum Gasteiger partial charge on any atom is 0.166 e. The average Bonchev–Trinajstić information content (AvgIpc) is 2.33. The SMILES string of the molecule is CCCNCC(=Cc1cccc(F)c1F)CC. The van der Waals surface area contributed by atoms with Gasteiger partial charge in [-0.05, 0) is 25.5 Å². The quantitative estimate of drug-likeness (QED) is 0.745. The normalized spacial score (nSPS) is 11.9. The van der Waals surface area contributed by atoms with Gasteiger partial charge in [0.15, 0.2) is 11.6 Å². The zero-order valence-corrected chi connectivity index (χ0v) is 10.4. The number of hydrogen-bond donors (Lipinski definition) is 1. The van der Waals surface area contributed by atoms with Gasteiger partial charge in [0.1, 0.15) is 0 Å². The van der Waals surface area contributed by atoms with Crippen LogP contribution in [0.15, 0.2) is 23.8 Å². The van der Waals surface area contributed by atoms with Crippen LogP contribution >= 0.6 is 0 Å². The molecule has 1 nitrogen and oxygen atoms in total. The number of rotatable bonds is 6. The van der Waals surface area contributed by atoms with E-state index in [9.17, 15) is 8.78 Å². The molecule has 1 N–H and O–H groups in total. The summed E-state index contributed by atoms with van der Waals surface area (Å²) in [5.74, 6) is -1.57. The second kappa shape index (κ2) is 7.17. The van der Waals surface area contributed by atoms with Gasteiger partial charge < -0.3 is 5.32 Å². The molecule has 0 aliphatic heterocycles. The van der Waals surface area contributed by atoms with Crippen molar-refractivity contribution in [2.45, 2.75) is 26.7 Å². The zero-order valence-electron chi connectivity index (χ0n) is 10.4. The molecule has 0 aliphatic carbocycles. The monoisotopic (exact) mass is 239 g/mol. The molecule has 0 atom stereocenters. The molecule has 1 rings (SSSR count). The Kier molecular flexibility index (Phi) is 5.84. The third kappa shape index (κ3) is 4.27. The molecule has 17 heavy (non-hydrogen) atoms. The Labute approximate surface area is 102 Å². The van der Waals surface area contributed by atoms with Crippen LogP contribution in [0.3, 0.4) is 0 Å². The minimum atomic E-state index is -0.796. The highest BCUT2D eigenvalue weighted by Crippen LogP contribution is 2.15. The van der Waals surface area contributed by atoms with E-state index in [1.807, 2.05) is 6.92 Å². The van der Waals surface area contributed by atoms with Crippen LogP contribution in [0.1, 0.15) is 32.3 Å². The fourth-order valence-corrected chi connectivity index (χ4v) is 1.56. The second-order valence-electron chi connectivity index (χ2n) is 3.98. The van der Waals surface area contributed by atoms with Gasteiger partial charge in [0.05, 0.1) is 0 Å². The average molecular weight is 239 g/mol. The van der Waals surface area contributed by atoms with E-state index in [0.29, 0.717) is 5.56 Å². The standard InChI is InChI=1S/C14H19F2N/c1-3-8-17-10-11(4-2)9-12-6-5-7-13(15)14(12)16/h5-7,9,17H,3-4,8,10H2,1-2H3. The summed E-state index contributed by atoms with van der Waals surface area (Å²) in [6.45, 7) is 5.76. The molecular formula is C14H19F2N. The summed E-state index contributed by atoms with van der Waals surface area (Å²) in [6.07, 6.45) is 3.61. The van der Waals surface area contributed by atoms with Crippen molar-refractivity contribution in [3.05, 3.63) is 41.0 Å². The Hall–Kier alpha value is -1.22. The first-order chi connectivity index (χ1) is 8.19. The summed E-state index contributed by atoms with van der Waals surface area (Å²) in [6, 6.07) is 4.25. The van der Waals surface area contributed by atoms with Crippen LogP contribution in [0.5, 0.6) is 0 Å². The molecule has 3 heteroatoms. The van der Waals surface area contributed by atoms with E-state index in [2.05, 4.69) is 12.2 Å². The summed E-state index contributed by atoms with van der Waals surface area (Å²) in [5, 5.41) is 3.26. The molecule has 1 aromatic rings. The van der Waals surface area contributed by atoms with Crippen LogP contribution in [-0.2, 0) is 0 Å². The van der Waals surface area contributed by atoms with Gasteiger partial charge in [-0.1, -0.05) is 37.6 Å². The highest BCUT2D eigenvalue weighted by atomic mass is 19.2. The Morgan fingerprint density at radius 2 is 2.06 bits per heavy atom. The molecule has 0 fully saturated rings. The molecule has 94 valence electrons. The third-order valence-corrected chi connectivity index (χ3v) is 2.57. The molecule has 0 bridgehead atoms. The molecular weight excluding hydrogens is 220 g/mol. The maximum absolute atomic E-state index is 13.4. The predicted octanol–water partition coefficient (Wildman–Crippen LogP) is 3.76. The first-order valence-electron chi connectivity index (χ1n) is 6.03. The van der Waals surface area contributed by atoms with E-state index in [0.717, 1.165) is 37.6 Å². The van der Waals surface area contributed by atoms with Crippen LogP contribution in [-0.4, -0.2) is 13.1 Å². The Morgan fingerprint density at radius 3 is 2.71 bits per heavy atom. The number of benzene rings is 1. The minimum absolute atomic E-state index is 0.320. The van der Waals surface area contributed by atoms with Crippen molar-refractivity contribution in [3.8, 4) is 0 Å². The molecule has 0 radical (unpaired) electrons. The smallest absolute Gasteiger partial charge is 0.166 e. The lowest BCUT2D eigenvalue weighted by atomic mass is 10.1. The van der Waals surface area contributed by atoms with E-state index in [1.54, 1.807) is 12.1 Å². The lowest BCUT2D eigenvalue weighted by molar-refractivity contribution is 0.507. The molecule has 0 saturated heterocycles. The molecule has 0 aliphatic rings. The third-order valence-electron chi connectivity index (χ3n) is 2.57. The number of hydrogen-bond acceptors (Lipinski definition) is 1. The molecule has 0 unspecified atom stereocenters. The van der Waals surface area contributed by atoms with E-state index in [1.165, 1.54) is 6.07 Å². The summed E-state index contributed by atoms with van der Waals surface area (Å²) in [7, 11) is 0. The fraction of sp³-hybridized carbons (Fsp3) is 0.429. The highest BCUT2D eigenvalue weighted by Gasteiger charge is 2.05. The molecule has 1 aromatic carbocycles. The van der Waals surface area contributed by atoms with Gasteiger partial charge in [0.2, 0.25) is 0 Å². The maximum atomic E-state index is 13.4. The minimum Gasteiger partial charge on any atom is -0.313 e. The van der Waals surface area contributed by atoms with Crippen molar-refractivity contribution < 1.29 is 8.78 Å². The molecule has 0 spiro atoms. The van der Waals surface area contributed by atoms with Gasteiger partial charge in [-0.15, -0.1) is 0 Å². The van der Waals surface area contributed by atoms with Crippen molar-refractivity contribution in [3.63, 3.8) is 0 Å². The van der Waals surface area contributed by atoms with Crippen molar-refractivity contribution in [2.24, 2.45) is 0 Å². The van der Waals surface area contributed by atoms with Gasteiger partial charge in [0.25, 0.3) is 0 Å². The summed E-state index contributed by atoms with van der Waals surface area (Å²) < 4.78 is 26.5. The molecule has 0 saturated carbocycles. The largest absolute Gasteiger partial charge is 0.313 e. The van der Waals surface area contributed by atoms with E-state index in [4.69, 9.17) is 0 Å². The lowest BCUT2D eigenvalue weighted by Gasteiger charge is -2.07. The first-order valence-corrected chi connectivity index (χ1v) is 6.03. The fourth-order valence-electron chi connectivity index (χ4n) is 1.56. The Morgan fingerprint density at radius 1 is 1.29 bits per heavy atom. The summed E-state index contributed by atoms with van der Waals surface area (Å²) in [5.41, 5.74) is 1.39. The van der Waals surface area contributed by atoms with Gasteiger partial charge >= 0.3 is 0 Å². The van der Waals surface area contributed by atoms with E-state index >= 15 is 0 Å². The van der Waals surface area contributed by atoms with Crippen molar-refractivity contribution >= 4 is 6.08 Å². The van der Waals surface area contributed by atoms with E-state index < -0.39 is 11.6 Å². The van der Waals surface area contributed by atoms with Crippen LogP contribution in [0.4, 0.5) is 8.78 Å². The molecule has 0 amide bonds. The van der Waals surface area contributed by atoms with Gasteiger partial charge in [-0.2, -0.15) is 0 Å². The Balaban J connectivity index is 2.79. The molecule has 0 heterocycles. The highest BCUT2D eigenvalue weighted by molar-refractivity contribution is 5.53. The second-order valence-corrected chi connectivity index (χ2v) is 3.98. The number of halogens is 2. The van der Waals surface area contributed by atoms with Crippen molar-refractivity contribution in [2.75, 3.05) is 13.1 Å². The Bertz CT molecular complexity index is 386. The van der Waals surface area contributed by atoms with Crippen molar-refractivity contribution in [1.29, 1.82) is 0 Å². The first kappa shape index (κ1) is 13.8. The predicted molar refractivity (Wildman–Crippen MR) is 67.8 cm³/mol. The lowest BCUT2D eigenvalue weighted by Crippen LogP contribution is -2.17. The van der Waals surface area contributed by atoms with Gasteiger partial charge in [-0.3, -0.25) is 0 Å². The zero-order chi connectivity index (χ0) is 12.7. The van der Waals surface area contributed by atoms with E-state index in [-0.39, 0.29) is 0 Å². The van der Waals surface area contributed by atoms with Crippen LogP contribution < -0.4 is 5.32 Å². The van der Waals surface area contributed by atoms with Gasteiger partial charge in [-0.25, -0.2) is 8.78 Å². The summed E-state index contributed by atoms with van der Waals surface area (Å²) >= 11 is 0. The van der Waals surface area contributed by atoms with Crippen LogP contribution in [0.2, 0.25) is 0 Å².